The van der Waals surface area contributed by atoms with E-state index in [1.165, 1.54) is 0 Å². The van der Waals surface area contributed by atoms with Crippen LogP contribution in [0.2, 0.25) is 0 Å². The van der Waals surface area contributed by atoms with Gasteiger partial charge < -0.3 is 14.4 Å². The highest BCUT2D eigenvalue weighted by atomic mass is 16.5. The molecule has 0 unspecified atom stereocenters. The third kappa shape index (κ3) is 2.99. The number of nitrogens with zero attached hydrogens (tertiary/aromatic N) is 3. The molecule has 25 heavy (non-hydrogen) atoms. The van der Waals surface area contributed by atoms with E-state index in [1.807, 2.05) is 9.58 Å². The third-order valence-corrected chi connectivity index (χ3v) is 6.04. The molecule has 2 atom stereocenters. The first-order valence-electron chi connectivity index (χ1n) is 9.70. The molecule has 4 rings (SSSR count). The van der Waals surface area contributed by atoms with Crippen LogP contribution in [0.25, 0.3) is 0 Å². The van der Waals surface area contributed by atoms with Crippen molar-refractivity contribution in [1.82, 2.24) is 14.7 Å². The first kappa shape index (κ1) is 17.0. The Morgan fingerprint density at radius 1 is 1.20 bits per heavy atom. The quantitative estimate of drug-likeness (QED) is 0.843. The molecule has 0 spiro atoms. The number of ether oxygens (including phenoxy) is 2. The zero-order valence-electron chi connectivity index (χ0n) is 15.5. The molecule has 4 heterocycles. The van der Waals surface area contributed by atoms with Gasteiger partial charge in [-0.25, -0.2) is 0 Å². The molecule has 6 heteroatoms. The number of carbonyl (C=O) groups is 1. The minimum absolute atomic E-state index is 0.000808. The Bertz CT molecular complexity index is 645. The van der Waals surface area contributed by atoms with Crippen molar-refractivity contribution in [2.45, 2.75) is 58.8 Å². The zero-order valence-corrected chi connectivity index (χ0v) is 15.5. The van der Waals surface area contributed by atoms with Gasteiger partial charge in [0.25, 0.3) is 5.91 Å². The van der Waals surface area contributed by atoms with Crippen molar-refractivity contribution in [3.8, 4) is 0 Å². The number of rotatable bonds is 3. The van der Waals surface area contributed by atoms with Crippen molar-refractivity contribution >= 4 is 5.91 Å². The van der Waals surface area contributed by atoms with E-state index in [0.29, 0.717) is 17.5 Å². The van der Waals surface area contributed by atoms with Crippen LogP contribution in [0.4, 0.5) is 0 Å². The Morgan fingerprint density at radius 2 is 1.92 bits per heavy atom. The Kier molecular flexibility index (Phi) is 4.58. The Morgan fingerprint density at radius 3 is 2.60 bits per heavy atom. The van der Waals surface area contributed by atoms with E-state index in [1.54, 1.807) is 0 Å². The van der Waals surface area contributed by atoms with E-state index < -0.39 is 0 Å². The highest BCUT2D eigenvalue weighted by molar-refractivity contribution is 5.94. The molecule has 1 aromatic heterocycles. The monoisotopic (exact) mass is 347 g/mol. The molecule has 0 radical (unpaired) electrons. The number of fused-ring (bicyclic) bond motifs is 1. The van der Waals surface area contributed by atoms with E-state index in [2.05, 4.69) is 25.9 Å². The highest BCUT2D eigenvalue weighted by Crippen LogP contribution is 2.35. The van der Waals surface area contributed by atoms with Crippen molar-refractivity contribution < 1.29 is 14.3 Å². The summed E-state index contributed by atoms with van der Waals surface area (Å²) in [6, 6.07) is 0. The topological polar surface area (TPSA) is 56.6 Å². The number of aromatic nitrogens is 2. The maximum absolute atomic E-state index is 13.1. The second-order valence-electron chi connectivity index (χ2n) is 7.74. The van der Waals surface area contributed by atoms with Gasteiger partial charge in [0.2, 0.25) is 0 Å². The number of carbonyl (C=O) groups excluding carboxylic acids is 1. The Balaban J connectivity index is 1.50. The van der Waals surface area contributed by atoms with Crippen LogP contribution in [0.3, 0.4) is 0 Å². The van der Waals surface area contributed by atoms with E-state index >= 15 is 0 Å². The maximum atomic E-state index is 13.1. The van der Waals surface area contributed by atoms with Crippen LogP contribution >= 0.6 is 0 Å². The minimum atomic E-state index is -0.000808. The van der Waals surface area contributed by atoms with Gasteiger partial charge in [0, 0.05) is 44.8 Å². The normalized spacial score (nSPS) is 27.9. The summed E-state index contributed by atoms with van der Waals surface area (Å²) in [5.41, 5.74) is 2.85. The molecule has 0 saturated carbocycles. The van der Waals surface area contributed by atoms with Gasteiger partial charge in [-0.15, -0.1) is 0 Å². The van der Waals surface area contributed by atoms with Crippen molar-refractivity contribution in [1.29, 1.82) is 0 Å². The number of hydrogen-bond donors (Lipinski definition) is 0. The van der Waals surface area contributed by atoms with Gasteiger partial charge in [-0.05, 0) is 45.4 Å². The zero-order chi connectivity index (χ0) is 17.6. The molecule has 2 fully saturated rings. The summed E-state index contributed by atoms with van der Waals surface area (Å²) >= 11 is 0. The fourth-order valence-electron chi connectivity index (χ4n) is 4.64. The average Bonchev–Trinajstić information content (AvgIpc) is 2.93. The summed E-state index contributed by atoms with van der Waals surface area (Å²) < 4.78 is 13.4. The number of aryl methyl sites for hydroxylation is 1. The van der Waals surface area contributed by atoms with Gasteiger partial charge in [0.1, 0.15) is 0 Å². The standard InChI is InChI=1S/C19H29N3O3/c1-4-22-18-13(3)25-12(2)9-16(18)17(20-22)19(23)21-10-15(11-21)14-5-7-24-8-6-14/h12-15H,4-11H2,1-3H3/t12-,13+/m1/s1. The summed E-state index contributed by atoms with van der Waals surface area (Å²) in [6.45, 7) is 10.5. The molecule has 3 aliphatic rings. The summed E-state index contributed by atoms with van der Waals surface area (Å²) in [7, 11) is 0. The van der Waals surface area contributed by atoms with Gasteiger partial charge in [-0.3, -0.25) is 9.48 Å². The summed E-state index contributed by atoms with van der Waals surface area (Å²) in [5, 5.41) is 4.66. The molecule has 1 amide bonds. The minimum Gasteiger partial charge on any atom is -0.381 e. The van der Waals surface area contributed by atoms with E-state index in [0.717, 1.165) is 63.4 Å². The van der Waals surface area contributed by atoms with Crippen LogP contribution in [0.15, 0.2) is 0 Å². The van der Waals surface area contributed by atoms with E-state index in [4.69, 9.17) is 9.47 Å². The lowest BCUT2D eigenvalue weighted by Crippen LogP contribution is -2.53. The van der Waals surface area contributed by atoms with Crippen LogP contribution in [-0.2, 0) is 22.4 Å². The predicted octanol–water partition coefficient (Wildman–Crippen LogP) is 2.42. The number of amides is 1. The maximum Gasteiger partial charge on any atom is 0.274 e. The molecule has 0 bridgehead atoms. The Labute approximate surface area is 149 Å². The fraction of sp³-hybridized carbons (Fsp3) is 0.789. The van der Waals surface area contributed by atoms with Gasteiger partial charge in [0.15, 0.2) is 5.69 Å². The van der Waals surface area contributed by atoms with E-state index in [9.17, 15) is 4.79 Å². The largest absolute Gasteiger partial charge is 0.381 e. The van der Waals surface area contributed by atoms with Crippen molar-refractivity contribution in [2.75, 3.05) is 26.3 Å². The van der Waals surface area contributed by atoms with Crippen LogP contribution in [0.1, 0.15) is 61.5 Å². The molecular formula is C19H29N3O3. The molecule has 6 nitrogen and oxygen atoms in total. The predicted molar refractivity (Wildman–Crippen MR) is 93.5 cm³/mol. The van der Waals surface area contributed by atoms with Crippen LogP contribution in [0.5, 0.6) is 0 Å². The van der Waals surface area contributed by atoms with Gasteiger partial charge in [0.05, 0.1) is 17.9 Å². The first-order valence-corrected chi connectivity index (χ1v) is 9.70. The molecular weight excluding hydrogens is 318 g/mol. The van der Waals surface area contributed by atoms with Gasteiger partial charge in [-0.2, -0.15) is 5.10 Å². The van der Waals surface area contributed by atoms with E-state index in [-0.39, 0.29) is 18.1 Å². The fourth-order valence-corrected chi connectivity index (χ4v) is 4.64. The molecule has 3 aliphatic heterocycles. The first-order chi connectivity index (χ1) is 12.1. The molecule has 0 aliphatic carbocycles. The second kappa shape index (κ2) is 6.72. The second-order valence-corrected chi connectivity index (χ2v) is 7.74. The van der Waals surface area contributed by atoms with Crippen molar-refractivity contribution in [3.05, 3.63) is 17.0 Å². The van der Waals surface area contributed by atoms with Crippen molar-refractivity contribution in [2.24, 2.45) is 11.8 Å². The lowest BCUT2D eigenvalue weighted by atomic mass is 9.80. The van der Waals surface area contributed by atoms with Crippen LogP contribution < -0.4 is 0 Å². The molecule has 2 saturated heterocycles. The smallest absolute Gasteiger partial charge is 0.274 e. The lowest BCUT2D eigenvalue weighted by molar-refractivity contribution is -0.00998. The van der Waals surface area contributed by atoms with Crippen molar-refractivity contribution in [3.63, 3.8) is 0 Å². The van der Waals surface area contributed by atoms with Gasteiger partial charge in [-0.1, -0.05) is 0 Å². The highest BCUT2D eigenvalue weighted by Gasteiger charge is 2.40. The summed E-state index contributed by atoms with van der Waals surface area (Å²) in [5.74, 6) is 1.46. The Hall–Kier alpha value is -1.40. The molecule has 138 valence electrons. The average molecular weight is 347 g/mol. The molecule has 1 aromatic rings. The lowest BCUT2D eigenvalue weighted by Gasteiger charge is -2.44. The van der Waals surface area contributed by atoms with Crippen LogP contribution in [0, 0.1) is 11.8 Å². The third-order valence-electron chi connectivity index (χ3n) is 6.04. The molecule has 0 aromatic carbocycles. The van der Waals surface area contributed by atoms with Crippen LogP contribution in [-0.4, -0.2) is 53.0 Å². The molecule has 0 N–H and O–H groups in total. The SMILES string of the molecule is CCn1nc(C(=O)N2CC(C3CCOCC3)C2)c2c1[C@H](C)O[C@H](C)C2. The van der Waals surface area contributed by atoms with Gasteiger partial charge >= 0.3 is 0 Å². The summed E-state index contributed by atoms with van der Waals surface area (Å²) in [6.07, 6.45) is 3.18. The number of likely N-dealkylation sites (tertiary alicyclic amines) is 1. The number of hydrogen-bond acceptors (Lipinski definition) is 4. The summed E-state index contributed by atoms with van der Waals surface area (Å²) in [4.78, 5) is 15.0.